The summed E-state index contributed by atoms with van der Waals surface area (Å²) in [7, 11) is 0. The average molecular weight is 216 g/mol. The predicted octanol–water partition coefficient (Wildman–Crippen LogP) is 4.11. The van der Waals surface area contributed by atoms with Crippen molar-refractivity contribution < 1.29 is 0 Å². The second kappa shape index (κ2) is 7.13. The monoisotopic (exact) mass is 216 g/mol. The van der Waals surface area contributed by atoms with Crippen LogP contribution in [0.15, 0.2) is 60.7 Å². The minimum absolute atomic E-state index is 0.834. The number of thiol groups is 1. The van der Waals surface area contributed by atoms with Gasteiger partial charge in [-0.15, -0.1) is 0 Å². The fourth-order valence-corrected chi connectivity index (χ4v) is 1.33. The van der Waals surface area contributed by atoms with Gasteiger partial charge in [0.15, 0.2) is 0 Å². The third-order valence-corrected chi connectivity index (χ3v) is 2.33. The van der Waals surface area contributed by atoms with Crippen LogP contribution in [-0.4, -0.2) is 0 Å². The van der Waals surface area contributed by atoms with E-state index in [1.165, 1.54) is 11.1 Å². The Bertz CT molecular complexity index is 354. The standard InChI is InChI=1S/C7H8S.C7H8/c8-6-7-4-2-1-3-5-7;1-7-5-3-2-4-6-7/h1-5,8H,6H2;2-6H,1H3. The molecule has 15 heavy (non-hydrogen) atoms. The Hall–Kier alpha value is -1.21. The summed E-state index contributed by atoms with van der Waals surface area (Å²) < 4.78 is 0. The molecule has 2 aromatic rings. The highest BCUT2D eigenvalue weighted by molar-refractivity contribution is 7.79. The molecule has 0 N–H and O–H groups in total. The molecular weight excluding hydrogens is 200 g/mol. The van der Waals surface area contributed by atoms with Crippen LogP contribution in [0.3, 0.4) is 0 Å². The maximum Gasteiger partial charge on any atom is 0.0154 e. The van der Waals surface area contributed by atoms with E-state index in [1.807, 2.05) is 36.4 Å². The number of aryl methyl sites for hydroxylation is 1. The zero-order valence-electron chi connectivity index (χ0n) is 8.93. The van der Waals surface area contributed by atoms with Crippen LogP contribution in [0.4, 0.5) is 0 Å². The first kappa shape index (κ1) is 11.9. The minimum Gasteiger partial charge on any atom is -0.175 e. The van der Waals surface area contributed by atoms with E-state index in [1.54, 1.807) is 0 Å². The van der Waals surface area contributed by atoms with Gasteiger partial charge in [0.2, 0.25) is 0 Å². The molecule has 78 valence electrons. The molecule has 0 fully saturated rings. The maximum absolute atomic E-state index is 4.11. The first-order valence-electron chi connectivity index (χ1n) is 4.99. The molecule has 2 aromatic carbocycles. The molecule has 0 saturated heterocycles. The molecule has 0 atom stereocenters. The number of rotatable bonds is 1. The molecule has 0 heterocycles. The van der Waals surface area contributed by atoms with Crippen molar-refractivity contribution in [1.82, 2.24) is 0 Å². The summed E-state index contributed by atoms with van der Waals surface area (Å²) >= 11 is 4.11. The van der Waals surface area contributed by atoms with E-state index in [2.05, 4.69) is 43.8 Å². The summed E-state index contributed by atoms with van der Waals surface area (Å²) in [6.07, 6.45) is 0. The summed E-state index contributed by atoms with van der Waals surface area (Å²) in [6.45, 7) is 2.08. The molecule has 0 aliphatic rings. The Balaban J connectivity index is 0.000000151. The van der Waals surface area contributed by atoms with Crippen molar-refractivity contribution in [3.8, 4) is 0 Å². The highest BCUT2D eigenvalue weighted by atomic mass is 32.1. The van der Waals surface area contributed by atoms with E-state index in [4.69, 9.17) is 0 Å². The van der Waals surface area contributed by atoms with Crippen molar-refractivity contribution in [2.75, 3.05) is 0 Å². The van der Waals surface area contributed by atoms with Gasteiger partial charge in [0.1, 0.15) is 0 Å². The highest BCUT2D eigenvalue weighted by Crippen LogP contribution is 2.00. The van der Waals surface area contributed by atoms with E-state index in [9.17, 15) is 0 Å². The van der Waals surface area contributed by atoms with Gasteiger partial charge < -0.3 is 0 Å². The van der Waals surface area contributed by atoms with Gasteiger partial charge in [-0.2, -0.15) is 12.6 Å². The van der Waals surface area contributed by atoms with E-state index >= 15 is 0 Å². The van der Waals surface area contributed by atoms with Crippen LogP contribution >= 0.6 is 12.6 Å². The molecule has 2 rings (SSSR count). The van der Waals surface area contributed by atoms with E-state index in [0.29, 0.717) is 0 Å². The number of hydrogen-bond acceptors (Lipinski definition) is 1. The van der Waals surface area contributed by atoms with Crippen LogP contribution in [0.2, 0.25) is 0 Å². The van der Waals surface area contributed by atoms with Gasteiger partial charge in [-0.05, 0) is 12.5 Å². The van der Waals surface area contributed by atoms with Crippen molar-refractivity contribution in [2.45, 2.75) is 12.7 Å². The van der Waals surface area contributed by atoms with E-state index in [0.717, 1.165) is 5.75 Å². The Kier molecular flexibility index (Phi) is 5.64. The first-order valence-corrected chi connectivity index (χ1v) is 5.62. The topological polar surface area (TPSA) is 0 Å². The second-order valence-corrected chi connectivity index (χ2v) is 3.61. The van der Waals surface area contributed by atoms with Crippen molar-refractivity contribution >= 4 is 12.6 Å². The van der Waals surface area contributed by atoms with Crippen molar-refractivity contribution in [3.05, 3.63) is 71.8 Å². The Morgan fingerprint density at radius 2 is 1.27 bits per heavy atom. The van der Waals surface area contributed by atoms with Gasteiger partial charge in [-0.1, -0.05) is 66.2 Å². The number of hydrogen-bond donors (Lipinski definition) is 1. The van der Waals surface area contributed by atoms with E-state index < -0.39 is 0 Å². The molecule has 0 amide bonds. The van der Waals surface area contributed by atoms with Crippen LogP contribution < -0.4 is 0 Å². The fraction of sp³-hybridized carbons (Fsp3) is 0.143. The van der Waals surface area contributed by atoms with Gasteiger partial charge in [0.25, 0.3) is 0 Å². The lowest BCUT2D eigenvalue weighted by molar-refractivity contribution is 1.43. The largest absolute Gasteiger partial charge is 0.175 e. The zero-order valence-corrected chi connectivity index (χ0v) is 9.82. The normalized spacial score (nSPS) is 8.93. The Morgan fingerprint density at radius 3 is 1.53 bits per heavy atom. The summed E-state index contributed by atoms with van der Waals surface area (Å²) in [5, 5.41) is 0. The molecule has 0 radical (unpaired) electrons. The molecule has 0 unspecified atom stereocenters. The van der Waals surface area contributed by atoms with Gasteiger partial charge in [0, 0.05) is 5.75 Å². The molecule has 0 aromatic heterocycles. The predicted molar refractivity (Wildman–Crippen MR) is 70.3 cm³/mol. The van der Waals surface area contributed by atoms with Crippen LogP contribution in [0.25, 0.3) is 0 Å². The summed E-state index contributed by atoms with van der Waals surface area (Å²) in [4.78, 5) is 0. The van der Waals surface area contributed by atoms with Crippen molar-refractivity contribution in [1.29, 1.82) is 0 Å². The molecule has 0 aliphatic carbocycles. The zero-order chi connectivity index (χ0) is 10.9. The van der Waals surface area contributed by atoms with Gasteiger partial charge in [-0.25, -0.2) is 0 Å². The highest BCUT2D eigenvalue weighted by Gasteiger charge is 1.80. The molecule has 0 nitrogen and oxygen atoms in total. The Labute approximate surface area is 97.4 Å². The van der Waals surface area contributed by atoms with Gasteiger partial charge >= 0.3 is 0 Å². The van der Waals surface area contributed by atoms with Crippen LogP contribution in [0.1, 0.15) is 11.1 Å². The SMILES string of the molecule is Cc1ccccc1.SCc1ccccc1. The van der Waals surface area contributed by atoms with Gasteiger partial charge in [0.05, 0.1) is 0 Å². The lowest BCUT2D eigenvalue weighted by Gasteiger charge is -1.89. The fourth-order valence-electron chi connectivity index (χ4n) is 1.12. The molecule has 0 aliphatic heterocycles. The summed E-state index contributed by atoms with van der Waals surface area (Å²) in [6, 6.07) is 20.4. The summed E-state index contributed by atoms with van der Waals surface area (Å²) in [5.41, 5.74) is 2.60. The molecule has 0 spiro atoms. The van der Waals surface area contributed by atoms with Crippen LogP contribution in [-0.2, 0) is 5.75 Å². The third-order valence-electron chi connectivity index (χ3n) is 1.97. The molecule has 0 bridgehead atoms. The quantitative estimate of drug-likeness (QED) is 0.681. The number of benzene rings is 2. The van der Waals surface area contributed by atoms with Crippen LogP contribution in [0.5, 0.6) is 0 Å². The van der Waals surface area contributed by atoms with Crippen molar-refractivity contribution in [2.24, 2.45) is 0 Å². The maximum atomic E-state index is 4.11. The van der Waals surface area contributed by atoms with Gasteiger partial charge in [-0.3, -0.25) is 0 Å². The first-order chi connectivity index (χ1) is 7.33. The molecule has 0 saturated carbocycles. The lowest BCUT2D eigenvalue weighted by atomic mass is 10.2. The minimum atomic E-state index is 0.834. The average Bonchev–Trinajstić information content (AvgIpc) is 2.32. The second-order valence-electron chi connectivity index (χ2n) is 3.30. The molecule has 1 heteroatoms. The third kappa shape index (κ3) is 5.28. The summed E-state index contributed by atoms with van der Waals surface area (Å²) in [5.74, 6) is 0.834. The van der Waals surface area contributed by atoms with E-state index in [-0.39, 0.29) is 0 Å². The Morgan fingerprint density at radius 1 is 0.800 bits per heavy atom. The van der Waals surface area contributed by atoms with Crippen molar-refractivity contribution in [3.63, 3.8) is 0 Å². The lowest BCUT2D eigenvalue weighted by Crippen LogP contribution is -1.71. The smallest absolute Gasteiger partial charge is 0.0154 e. The molecular formula is C14H16S. The van der Waals surface area contributed by atoms with Crippen LogP contribution in [0, 0.1) is 6.92 Å².